The second kappa shape index (κ2) is 10.9. The van der Waals surface area contributed by atoms with Crippen molar-refractivity contribution in [2.45, 2.75) is 36.0 Å². The molecule has 33 heavy (non-hydrogen) atoms. The molecular weight excluding hydrogens is 460 g/mol. The van der Waals surface area contributed by atoms with Gasteiger partial charge in [-0.15, -0.1) is 11.8 Å². The summed E-state index contributed by atoms with van der Waals surface area (Å²) in [5.41, 5.74) is 1.37. The topological polar surface area (TPSA) is 84.9 Å². The summed E-state index contributed by atoms with van der Waals surface area (Å²) in [5.74, 6) is 0.564. The molecule has 0 atom stereocenters. The average molecular weight is 493 g/mol. The van der Waals surface area contributed by atoms with E-state index in [1.165, 1.54) is 23.9 Å². The summed E-state index contributed by atoms with van der Waals surface area (Å²) in [7, 11) is -3.80. The van der Waals surface area contributed by atoms with Crippen molar-refractivity contribution in [2.24, 2.45) is 0 Å². The number of nitrogens with one attached hydrogen (secondary N) is 1. The number of morpholine rings is 1. The number of amides is 1. The van der Waals surface area contributed by atoms with Gasteiger partial charge in [0.15, 0.2) is 0 Å². The highest BCUT2D eigenvalue weighted by atomic mass is 32.2. The van der Waals surface area contributed by atoms with E-state index >= 15 is 0 Å². The zero-order valence-corrected chi connectivity index (χ0v) is 21.2. The Hall–Kier alpha value is -2.07. The Morgan fingerprint density at radius 1 is 1.15 bits per heavy atom. The molecule has 1 saturated heterocycles. The minimum absolute atomic E-state index is 0.0620. The molecule has 3 rings (SSSR count). The van der Waals surface area contributed by atoms with Crippen molar-refractivity contribution >= 4 is 27.7 Å². The van der Waals surface area contributed by atoms with Gasteiger partial charge in [-0.05, 0) is 41.5 Å². The van der Waals surface area contributed by atoms with Gasteiger partial charge < -0.3 is 14.4 Å². The van der Waals surface area contributed by atoms with Crippen LogP contribution in [-0.2, 0) is 20.2 Å². The molecule has 1 aliphatic rings. The van der Waals surface area contributed by atoms with Gasteiger partial charge in [-0.3, -0.25) is 4.79 Å². The summed E-state index contributed by atoms with van der Waals surface area (Å²) < 4.78 is 39.6. The molecule has 0 aliphatic carbocycles. The molecule has 2 aromatic carbocycles. The highest BCUT2D eigenvalue weighted by Gasteiger charge is 2.24. The minimum Gasteiger partial charge on any atom is -0.492 e. The van der Waals surface area contributed by atoms with Crippen molar-refractivity contribution in [3.05, 3.63) is 53.6 Å². The molecule has 1 N–H and O–H groups in total. The van der Waals surface area contributed by atoms with Crippen molar-refractivity contribution in [1.29, 1.82) is 0 Å². The van der Waals surface area contributed by atoms with E-state index in [0.29, 0.717) is 31.9 Å². The van der Waals surface area contributed by atoms with E-state index in [2.05, 4.69) is 25.5 Å². The SMILES string of the molecule is CSc1ccc(S(=O)(=O)NCCOc2ccccc2C(C)(C)C)cc1C(=O)N1CCOCC1. The standard InChI is InChI=1S/C24H32N2O5S2/c1-24(2,3)20-7-5-6-8-21(20)31-14-11-25-33(28,29)18-9-10-22(32-4)19(17-18)23(27)26-12-15-30-16-13-26/h5-10,17,25H,11-16H2,1-4H3. The number of ether oxygens (including phenoxy) is 2. The number of carbonyl (C=O) groups is 1. The molecule has 1 fully saturated rings. The number of carbonyl (C=O) groups excluding carboxylic acids is 1. The lowest BCUT2D eigenvalue weighted by Gasteiger charge is -2.27. The van der Waals surface area contributed by atoms with E-state index < -0.39 is 10.0 Å². The number of hydrogen-bond acceptors (Lipinski definition) is 6. The normalized spacial score (nSPS) is 14.8. The van der Waals surface area contributed by atoms with Gasteiger partial charge in [0.2, 0.25) is 10.0 Å². The van der Waals surface area contributed by atoms with Crippen LogP contribution in [0.4, 0.5) is 0 Å². The van der Waals surface area contributed by atoms with Crippen molar-refractivity contribution in [3.8, 4) is 5.75 Å². The Balaban J connectivity index is 1.68. The average Bonchev–Trinajstić information content (AvgIpc) is 2.81. The smallest absolute Gasteiger partial charge is 0.255 e. The summed E-state index contributed by atoms with van der Waals surface area (Å²) in [6, 6.07) is 12.4. The Morgan fingerprint density at radius 3 is 2.52 bits per heavy atom. The third-order valence-corrected chi connectivity index (χ3v) is 7.61. The van der Waals surface area contributed by atoms with Crippen LogP contribution in [0.25, 0.3) is 0 Å². The molecular formula is C24H32N2O5S2. The van der Waals surface area contributed by atoms with Gasteiger partial charge in [0.05, 0.1) is 23.7 Å². The fraction of sp³-hybridized carbons (Fsp3) is 0.458. The second-order valence-corrected chi connectivity index (χ2v) is 11.4. The monoisotopic (exact) mass is 492 g/mol. The van der Waals surface area contributed by atoms with Crippen LogP contribution in [0.2, 0.25) is 0 Å². The highest BCUT2D eigenvalue weighted by molar-refractivity contribution is 7.98. The summed E-state index contributed by atoms with van der Waals surface area (Å²) >= 11 is 1.42. The van der Waals surface area contributed by atoms with Gasteiger partial charge in [0, 0.05) is 24.5 Å². The first-order valence-corrected chi connectivity index (χ1v) is 13.6. The van der Waals surface area contributed by atoms with E-state index in [0.717, 1.165) is 16.2 Å². The van der Waals surface area contributed by atoms with Crippen molar-refractivity contribution in [2.75, 3.05) is 45.7 Å². The molecule has 0 spiro atoms. The molecule has 7 nitrogen and oxygen atoms in total. The van der Waals surface area contributed by atoms with E-state index in [9.17, 15) is 13.2 Å². The molecule has 0 unspecified atom stereocenters. The predicted octanol–water partition coefficient (Wildman–Crippen LogP) is 3.54. The zero-order valence-electron chi connectivity index (χ0n) is 19.6. The second-order valence-electron chi connectivity index (χ2n) is 8.76. The molecule has 0 aromatic heterocycles. The summed E-state index contributed by atoms with van der Waals surface area (Å²) in [5, 5.41) is 0. The van der Waals surface area contributed by atoms with Gasteiger partial charge in [0.1, 0.15) is 12.4 Å². The van der Waals surface area contributed by atoms with E-state index in [1.54, 1.807) is 11.0 Å². The lowest BCUT2D eigenvalue weighted by molar-refractivity contribution is 0.0300. The maximum absolute atomic E-state index is 13.0. The van der Waals surface area contributed by atoms with Gasteiger partial charge in [0.25, 0.3) is 5.91 Å². The molecule has 1 aliphatic heterocycles. The first-order valence-electron chi connectivity index (χ1n) is 10.9. The molecule has 1 amide bonds. The van der Waals surface area contributed by atoms with E-state index in [-0.39, 0.29) is 29.4 Å². The summed E-state index contributed by atoms with van der Waals surface area (Å²) in [6.45, 7) is 8.57. The fourth-order valence-corrected chi connectivity index (χ4v) is 5.20. The maximum Gasteiger partial charge on any atom is 0.255 e. The Labute approximate surface area is 200 Å². The summed E-state index contributed by atoms with van der Waals surface area (Å²) in [6.07, 6.45) is 1.87. The number of hydrogen-bond donors (Lipinski definition) is 1. The largest absolute Gasteiger partial charge is 0.492 e. The number of nitrogens with zero attached hydrogens (tertiary/aromatic N) is 1. The molecule has 0 bridgehead atoms. The number of sulfonamides is 1. The quantitative estimate of drug-likeness (QED) is 0.448. The molecule has 180 valence electrons. The van der Waals surface area contributed by atoms with Crippen LogP contribution in [0.5, 0.6) is 5.75 Å². The van der Waals surface area contributed by atoms with Crippen LogP contribution in [-0.4, -0.2) is 64.9 Å². The van der Waals surface area contributed by atoms with E-state index in [4.69, 9.17) is 9.47 Å². The van der Waals surface area contributed by atoms with Gasteiger partial charge in [-0.1, -0.05) is 39.0 Å². The first kappa shape index (κ1) is 25.6. The van der Waals surface area contributed by atoms with Crippen molar-refractivity contribution < 1.29 is 22.7 Å². The molecule has 0 saturated carbocycles. The number of thioether (sulfide) groups is 1. The molecule has 1 heterocycles. The van der Waals surface area contributed by atoms with Crippen molar-refractivity contribution in [3.63, 3.8) is 0 Å². The lowest BCUT2D eigenvalue weighted by Crippen LogP contribution is -2.41. The molecule has 0 radical (unpaired) electrons. The Kier molecular flexibility index (Phi) is 8.44. The van der Waals surface area contributed by atoms with Gasteiger partial charge >= 0.3 is 0 Å². The fourth-order valence-electron chi connectivity index (χ4n) is 3.59. The first-order chi connectivity index (χ1) is 15.6. The minimum atomic E-state index is -3.80. The third-order valence-electron chi connectivity index (χ3n) is 5.36. The number of benzene rings is 2. The van der Waals surface area contributed by atoms with Crippen LogP contribution in [0.3, 0.4) is 0 Å². The zero-order chi connectivity index (χ0) is 24.1. The maximum atomic E-state index is 13.0. The van der Waals surface area contributed by atoms with Crippen LogP contribution in [0, 0.1) is 0 Å². The molecule has 2 aromatic rings. The highest BCUT2D eigenvalue weighted by Crippen LogP contribution is 2.31. The summed E-state index contributed by atoms with van der Waals surface area (Å²) in [4.78, 5) is 15.5. The van der Waals surface area contributed by atoms with Gasteiger partial charge in [-0.25, -0.2) is 13.1 Å². The van der Waals surface area contributed by atoms with Gasteiger partial charge in [-0.2, -0.15) is 0 Å². The molecule has 9 heteroatoms. The number of rotatable bonds is 8. The Bertz CT molecular complexity index is 1070. The van der Waals surface area contributed by atoms with E-state index in [1.807, 2.05) is 30.5 Å². The van der Waals surface area contributed by atoms with Crippen LogP contribution < -0.4 is 9.46 Å². The van der Waals surface area contributed by atoms with Crippen molar-refractivity contribution in [1.82, 2.24) is 9.62 Å². The van der Waals surface area contributed by atoms with Crippen LogP contribution in [0.1, 0.15) is 36.7 Å². The predicted molar refractivity (Wildman–Crippen MR) is 131 cm³/mol. The number of para-hydroxylation sites is 1. The van der Waals surface area contributed by atoms with Crippen LogP contribution >= 0.6 is 11.8 Å². The Morgan fingerprint density at radius 2 is 1.85 bits per heavy atom. The lowest BCUT2D eigenvalue weighted by atomic mass is 9.86. The third kappa shape index (κ3) is 6.50. The van der Waals surface area contributed by atoms with Crippen LogP contribution in [0.15, 0.2) is 52.3 Å².